The molecule has 0 aliphatic heterocycles. The molecule has 0 rings (SSSR count). The highest BCUT2D eigenvalue weighted by Crippen LogP contribution is 2.29. The van der Waals surface area contributed by atoms with Crippen molar-refractivity contribution in [2.45, 2.75) is 5.51 Å². The highest BCUT2D eigenvalue weighted by Gasteiger charge is 2.27. The first kappa shape index (κ1) is 16.4. The fraction of sp³-hybridized carbons (Fsp3) is 0.556. The maximum Gasteiger partial charge on any atom is 0.441 e. The topological polar surface area (TPSA) is 69.6 Å². The maximum absolute atomic E-state index is 11.8. The lowest BCUT2D eigenvalue weighted by Gasteiger charge is -2.18. The standard InChI is InChI=1S/C9H11F3N2O3S/c1-2-4-14(6-7(15)16)8(17)13-3-5-18-9(10,11)12/h1H,3-6H2,(H,13,17)(H,15,16). The smallest absolute Gasteiger partial charge is 0.441 e. The molecule has 0 radical (unpaired) electrons. The van der Waals surface area contributed by atoms with Crippen LogP contribution in [-0.4, -0.2) is 52.9 Å². The van der Waals surface area contributed by atoms with Gasteiger partial charge in [0, 0.05) is 12.3 Å². The number of aliphatic carboxylic acids is 1. The van der Waals surface area contributed by atoms with Crippen LogP contribution >= 0.6 is 11.8 Å². The van der Waals surface area contributed by atoms with Gasteiger partial charge in [-0.2, -0.15) is 13.2 Å². The van der Waals surface area contributed by atoms with Gasteiger partial charge in [0.25, 0.3) is 0 Å². The van der Waals surface area contributed by atoms with Crippen LogP contribution in [0.4, 0.5) is 18.0 Å². The summed E-state index contributed by atoms with van der Waals surface area (Å²) in [6.07, 6.45) is 4.94. The van der Waals surface area contributed by atoms with Gasteiger partial charge >= 0.3 is 17.5 Å². The lowest BCUT2D eigenvalue weighted by atomic mass is 10.5. The van der Waals surface area contributed by atoms with E-state index in [1.807, 2.05) is 0 Å². The fourth-order valence-corrected chi connectivity index (χ4v) is 1.35. The zero-order valence-corrected chi connectivity index (χ0v) is 9.98. The number of terminal acetylenes is 1. The third-order valence-corrected chi connectivity index (χ3v) is 2.28. The molecule has 102 valence electrons. The molecule has 0 bridgehead atoms. The minimum absolute atomic E-state index is 0.232. The van der Waals surface area contributed by atoms with Crippen molar-refractivity contribution in [1.82, 2.24) is 10.2 Å². The minimum atomic E-state index is -4.36. The second-order valence-corrected chi connectivity index (χ2v) is 4.14. The molecule has 18 heavy (non-hydrogen) atoms. The van der Waals surface area contributed by atoms with Crippen molar-refractivity contribution in [2.24, 2.45) is 0 Å². The molecule has 2 amide bonds. The Morgan fingerprint density at radius 1 is 1.44 bits per heavy atom. The Morgan fingerprint density at radius 2 is 2.06 bits per heavy atom. The lowest BCUT2D eigenvalue weighted by molar-refractivity contribution is -0.137. The monoisotopic (exact) mass is 284 g/mol. The fourth-order valence-electron chi connectivity index (χ4n) is 0.910. The minimum Gasteiger partial charge on any atom is -0.480 e. The molecule has 0 spiro atoms. The van der Waals surface area contributed by atoms with Crippen molar-refractivity contribution in [1.29, 1.82) is 0 Å². The van der Waals surface area contributed by atoms with Gasteiger partial charge in [0.2, 0.25) is 0 Å². The van der Waals surface area contributed by atoms with E-state index in [1.165, 1.54) is 0 Å². The average molecular weight is 284 g/mol. The van der Waals surface area contributed by atoms with E-state index in [2.05, 4.69) is 11.2 Å². The van der Waals surface area contributed by atoms with Crippen LogP contribution in [0, 0.1) is 12.3 Å². The number of halogens is 3. The Balaban J connectivity index is 4.04. The first-order valence-corrected chi connectivity index (χ1v) is 5.63. The Hall–Kier alpha value is -1.56. The van der Waals surface area contributed by atoms with Gasteiger partial charge in [-0.05, 0) is 11.8 Å². The SMILES string of the molecule is C#CCN(CC(=O)O)C(=O)NCCSC(F)(F)F. The molecule has 0 aromatic rings. The number of hydrogen-bond donors (Lipinski definition) is 2. The second kappa shape index (κ2) is 7.71. The maximum atomic E-state index is 11.8. The molecule has 0 atom stereocenters. The summed E-state index contributed by atoms with van der Waals surface area (Å²) < 4.78 is 35.3. The van der Waals surface area contributed by atoms with Crippen molar-refractivity contribution in [3.63, 3.8) is 0 Å². The number of carbonyl (C=O) groups is 2. The predicted molar refractivity (Wildman–Crippen MR) is 60.0 cm³/mol. The summed E-state index contributed by atoms with van der Waals surface area (Å²) in [5, 5.41) is 10.6. The third kappa shape index (κ3) is 8.58. The van der Waals surface area contributed by atoms with E-state index >= 15 is 0 Å². The van der Waals surface area contributed by atoms with E-state index in [0.29, 0.717) is 0 Å². The van der Waals surface area contributed by atoms with E-state index in [1.54, 1.807) is 0 Å². The number of rotatable bonds is 6. The number of thioether (sulfide) groups is 1. The number of carbonyl (C=O) groups excluding carboxylic acids is 1. The summed E-state index contributed by atoms with van der Waals surface area (Å²) in [6, 6.07) is -0.807. The predicted octanol–water partition coefficient (Wildman–Crippen LogP) is 0.969. The number of urea groups is 1. The summed E-state index contributed by atoms with van der Waals surface area (Å²) in [7, 11) is 0. The van der Waals surface area contributed by atoms with Crippen molar-refractivity contribution in [2.75, 3.05) is 25.4 Å². The Morgan fingerprint density at radius 3 is 2.50 bits per heavy atom. The molecule has 0 unspecified atom stereocenters. The van der Waals surface area contributed by atoms with E-state index in [0.717, 1.165) is 4.90 Å². The van der Waals surface area contributed by atoms with Crippen LogP contribution in [0.2, 0.25) is 0 Å². The molecular weight excluding hydrogens is 273 g/mol. The number of alkyl halides is 3. The first-order chi connectivity index (χ1) is 8.26. The molecular formula is C9H11F3N2O3S. The largest absolute Gasteiger partial charge is 0.480 e. The van der Waals surface area contributed by atoms with Crippen LogP contribution in [0.1, 0.15) is 0 Å². The Bertz CT molecular complexity index is 341. The average Bonchev–Trinajstić information content (AvgIpc) is 2.21. The van der Waals surface area contributed by atoms with Gasteiger partial charge in [0.1, 0.15) is 6.54 Å². The molecule has 0 aliphatic carbocycles. The van der Waals surface area contributed by atoms with Crippen LogP contribution in [0.15, 0.2) is 0 Å². The quantitative estimate of drug-likeness (QED) is 0.563. The van der Waals surface area contributed by atoms with Gasteiger partial charge < -0.3 is 15.3 Å². The highest BCUT2D eigenvalue weighted by molar-refractivity contribution is 8.00. The van der Waals surface area contributed by atoms with Crippen LogP contribution < -0.4 is 5.32 Å². The van der Waals surface area contributed by atoms with E-state index in [9.17, 15) is 22.8 Å². The summed E-state index contributed by atoms with van der Waals surface area (Å²) >= 11 is -0.275. The van der Waals surface area contributed by atoms with E-state index < -0.39 is 24.1 Å². The highest BCUT2D eigenvalue weighted by atomic mass is 32.2. The molecule has 0 aliphatic rings. The number of nitrogens with one attached hydrogen (secondary N) is 1. The summed E-state index contributed by atoms with van der Waals surface area (Å²) in [5.74, 6) is 0.471. The van der Waals surface area contributed by atoms with Crippen LogP contribution in [0.3, 0.4) is 0 Å². The normalized spacial score (nSPS) is 10.6. The molecule has 5 nitrogen and oxygen atoms in total. The summed E-state index contributed by atoms with van der Waals surface area (Å²) in [5.41, 5.74) is -4.36. The zero-order chi connectivity index (χ0) is 14.2. The van der Waals surface area contributed by atoms with Crippen molar-refractivity contribution < 1.29 is 27.9 Å². The lowest BCUT2D eigenvalue weighted by Crippen LogP contribution is -2.43. The second-order valence-electron chi connectivity index (χ2n) is 2.98. The van der Waals surface area contributed by atoms with E-state index in [-0.39, 0.29) is 30.6 Å². The van der Waals surface area contributed by atoms with Crippen LogP contribution in [0.5, 0.6) is 0 Å². The molecule has 9 heteroatoms. The van der Waals surface area contributed by atoms with Crippen molar-refractivity contribution in [3.8, 4) is 12.3 Å². The number of nitrogens with zero attached hydrogens (tertiary/aromatic N) is 1. The molecule has 0 saturated carbocycles. The molecule has 0 fully saturated rings. The number of amides is 2. The van der Waals surface area contributed by atoms with Gasteiger partial charge in [-0.25, -0.2) is 4.79 Å². The van der Waals surface area contributed by atoms with Gasteiger partial charge in [-0.15, -0.1) is 6.42 Å². The molecule has 0 aromatic carbocycles. The first-order valence-electron chi connectivity index (χ1n) is 4.65. The molecule has 0 aromatic heterocycles. The summed E-state index contributed by atoms with van der Waals surface area (Å²) in [6.45, 7) is -1.07. The van der Waals surface area contributed by atoms with Crippen LogP contribution in [0.25, 0.3) is 0 Å². The van der Waals surface area contributed by atoms with E-state index in [4.69, 9.17) is 11.5 Å². The van der Waals surface area contributed by atoms with Crippen molar-refractivity contribution in [3.05, 3.63) is 0 Å². The van der Waals surface area contributed by atoms with Gasteiger partial charge in [0.15, 0.2) is 0 Å². The molecule has 2 N–H and O–H groups in total. The number of carboxylic acid groups (broad SMARTS) is 1. The van der Waals surface area contributed by atoms with Gasteiger partial charge in [-0.3, -0.25) is 4.79 Å². The number of hydrogen-bond acceptors (Lipinski definition) is 3. The Kier molecular flexibility index (Phi) is 7.04. The zero-order valence-electron chi connectivity index (χ0n) is 9.16. The van der Waals surface area contributed by atoms with Crippen molar-refractivity contribution >= 4 is 23.8 Å². The third-order valence-electron chi connectivity index (χ3n) is 1.54. The van der Waals surface area contributed by atoms with Crippen LogP contribution in [-0.2, 0) is 4.79 Å². The number of carboxylic acids is 1. The molecule has 0 heterocycles. The summed E-state index contributed by atoms with van der Waals surface area (Å²) in [4.78, 5) is 22.6. The molecule has 0 saturated heterocycles. The van der Waals surface area contributed by atoms with Gasteiger partial charge in [-0.1, -0.05) is 5.92 Å². The van der Waals surface area contributed by atoms with Gasteiger partial charge in [0.05, 0.1) is 6.54 Å². The Labute approximate surface area is 106 Å².